The first kappa shape index (κ1) is 27.4. The van der Waals surface area contributed by atoms with E-state index in [0.29, 0.717) is 0 Å². The highest BCUT2D eigenvalue weighted by molar-refractivity contribution is 9.27. The smallest absolute Gasteiger partial charge is 0.256 e. The molecule has 0 aromatic carbocycles. The second-order valence-electron chi connectivity index (χ2n) is 4.25. The summed E-state index contributed by atoms with van der Waals surface area (Å²) in [5.74, 6) is 0. The van der Waals surface area contributed by atoms with Crippen molar-refractivity contribution in [3.63, 3.8) is 0 Å². The molecule has 14 heteroatoms. The van der Waals surface area contributed by atoms with E-state index in [0.717, 1.165) is 0 Å². The molecule has 0 heterocycles. The standard InChI is InChI=1S/C9H12Br9O4P/c1-4(10)7(13,14)20-23(19,21-8(15,16)5(2)11)22-9(17,18)6(3)12/h4-6H,1-3H3. The van der Waals surface area contributed by atoms with E-state index < -0.39 is 18.1 Å². The van der Waals surface area contributed by atoms with Gasteiger partial charge in [0.2, 0.25) is 10.3 Å². The molecular formula is C9H12Br9O4P. The Bertz CT molecular complexity index is 379. The molecule has 0 amide bonds. The van der Waals surface area contributed by atoms with E-state index in [-0.39, 0.29) is 14.5 Å². The first-order chi connectivity index (χ1) is 9.95. The zero-order valence-electron chi connectivity index (χ0n) is 11.7. The second-order valence-corrected chi connectivity index (χ2v) is 20.1. The Morgan fingerprint density at radius 3 is 0.957 bits per heavy atom. The molecule has 0 aliphatic heterocycles. The zero-order valence-corrected chi connectivity index (χ0v) is 26.9. The van der Waals surface area contributed by atoms with Crippen LogP contribution in [0.3, 0.4) is 0 Å². The fourth-order valence-electron chi connectivity index (χ4n) is 0.721. The van der Waals surface area contributed by atoms with Crippen molar-refractivity contribution in [2.24, 2.45) is 0 Å². The van der Waals surface area contributed by atoms with Gasteiger partial charge in [0.25, 0.3) is 0 Å². The van der Waals surface area contributed by atoms with Gasteiger partial charge in [0.15, 0.2) is 0 Å². The molecule has 0 aromatic heterocycles. The lowest BCUT2D eigenvalue weighted by Gasteiger charge is -2.36. The molecule has 0 fully saturated rings. The first-order valence-corrected chi connectivity index (χ1v) is 14.7. The monoisotopic (exact) mass is 925 g/mol. The van der Waals surface area contributed by atoms with Crippen LogP contribution in [0.25, 0.3) is 0 Å². The van der Waals surface area contributed by atoms with E-state index >= 15 is 0 Å². The summed E-state index contributed by atoms with van der Waals surface area (Å²) in [5.41, 5.74) is 0. The van der Waals surface area contributed by atoms with Crippen LogP contribution < -0.4 is 0 Å². The van der Waals surface area contributed by atoms with Gasteiger partial charge in [-0.1, -0.05) is 47.8 Å². The predicted molar refractivity (Wildman–Crippen MR) is 128 cm³/mol. The normalized spacial score (nSPS) is 20.7. The van der Waals surface area contributed by atoms with E-state index in [2.05, 4.69) is 143 Å². The summed E-state index contributed by atoms with van der Waals surface area (Å²) >= 11 is 29.9. The van der Waals surface area contributed by atoms with E-state index in [9.17, 15) is 4.57 Å². The van der Waals surface area contributed by atoms with Crippen LogP contribution in [-0.2, 0) is 18.1 Å². The molecule has 0 saturated carbocycles. The fraction of sp³-hybridized carbons (Fsp3) is 1.00. The number of halogens is 9. The summed E-state index contributed by atoms with van der Waals surface area (Å²) in [7, 11) is -4.12. The molecule has 23 heavy (non-hydrogen) atoms. The summed E-state index contributed by atoms with van der Waals surface area (Å²) < 4.78 is 26.5. The Hall–Kier alpha value is 4.43. The molecule has 0 bridgehead atoms. The topological polar surface area (TPSA) is 44.8 Å². The van der Waals surface area contributed by atoms with Gasteiger partial charge in [-0.15, -0.1) is 0 Å². The lowest BCUT2D eigenvalue weighted by atomic mass is 10.5. The summed E-state index contributed by atoms with van der Waals surface area (Å²) in [6, 6.07) is 0. The van der Waals surface area contributed by atoms with E-state index in [4.69, 9.17) is 13.6 Å². The fourth-order valence-corrected chi connectivity index (χ4v) is 6.11. The van der Waals surface area contributed by atoms with Crippen LogP contribution in [-0.4, -0.2) is 24.7 Å². The van der Waals surface area contributed by atoms with Crippen LogP contribution in [0.5, 0.6) is 0 Å². The van der Waals surface area contributed by atoms with Crippen molar-refractivity contribution < 1.29 is 18.1 Å². The van der Waals surface area contributed by atoms with Crippen LogP contribution in [0, 0.1) is 0 Å². The maximum absolute atomic E-state index is 13.3. The average Bonchev–Trinajstić information content (AvgIpc) is 2.24. The van der Waals surface area contributed by atoms with E-state index in [1.165, 1.54) is 0 Å². The highest BCUT2D eigenvalue weighted by Gasteiger charge is 2.51. The van der Waals surface area contributed by atoms with Crippen LogP contribution >= 0.6 is 151 Å². The van der Waals surface area contributed by atoms with Crippen molar-refractivity contribution in [2.45, 2.75) is 45.5 Å². The van der Waals surface area contributed by atoms with Gasteiger partial charge in [-0.2, -0.15) is 0 Å². The van der Waals surface area contributed by atoms with E-state index in [1.54, 1.807) is 20.8 Å². The summed E-state index contributed by atoms with van der Waals surface area (Å²) in [5, 5.41) is 0. The van der Waals surface area contributed by atoms with Crippen molar-refractivity contribution in [1.29, 1.82) is 0 Å². The maximum atomic E-state index is 13.3. The lowest BCUT2D eigenvalue weighted by molar-refractivity contribution is 0.0783. The molecule has 0 spiro atoms. The molecular weight excluding hydrogens is 922 g/mol. The molecule has 0 saturated heterocycles. The van der Waals surface area contributed by atoms with Crippen LogP contribution in [0.15, 0.2) is 0 Å². The van der Waals surface area contributed by atoms with Gasteiger partial charge in [0.1, 0.15) is 0 Å². The summed E-state index contributed by atoms with van der Waals surface area (Å²) in [6.07, 6.45) is 0. The molecule has 0 aliphatic rings. The van der Waals surface area contributed by atoms with Gasteiger partial charge < -0.3 is 0 Å². The van der Waals surface area contributed by atoms with Gasteiger partial charge in [-0.05, 0) is 116 Å². The highest BCUT2D eigenvalue weighted by atomic mass is 79.9. The molecule has 0 rings (SSSR count). The molecule has 3 atom stereocenters. The quantitative estimate of drug-likeness (QED) is 0.172. The number of rotatable bonds is 9. The number of alkyl halides is 9. The van der Waals surface area contributed by atoms with Gasteiger partial charge in [-0.3, -0.25) is 13.6 Å². The molecule has 4 nitrogen and oxygen atoms in total. The Labute approximate surface area is 211 Å². The minimum Gasteiger partial charge on any atom is -0.256 e. The SMILES string of the molecule is CC(Br)C(Br)(Br)OP(=O)(OC(Br)(Br)C(C)Br)OC(Br)(Br)C(C)Br. The predicted octanol–water partition coefficient (Wildman–Crippen LogP) is 8.83. The third kappa shape index (κ3) is 9.65. The summed E-state index contributed by atoms with van der Waals surface area (Å²) in [4.78, 5) is -0.796. The van der Waals surface area contributed by atoms with Gasteiger partial charge >= 0.3 is 7.82 Å². The molecule has 0 aromatic rings. The van der Waals surface area contributed by atoms with Crippen molar-refractivity contribution in [2.75, 3.05) is 0 Å². The van der Waals surface area contributed by atoms with Crippen molar-refractivity contribution in [3.05, 3.63) is 0 Å². The zero-order chi connectivity index (χ0) is 18.9. The molecule has 0 aliphatic carbocycles. The van der Waals surface area contributed by atoms with E-state index in [1.807, 2.05) is 0 Å². The van der Waals surface area contributed by atoms with Crippen molar-refractivity contribution >= 4 is 151 Å². The molecule has 0 radical (unpaired) electrons. The van der Waals surface area contributed by atoms with Crippen LogP contribution in [0.2, 0.25) is 0 Å². The Morgan fingerprint density at radius 1 is 0.652 bits per heavy atom. The minimum absolute atomic E-state index is 0.265. The van der Waals surface area contributed by atoms with Gasteiger partial charge in [0.05, 0.1) is 14.5 Å². The molecule has 0 N–H and O–H groups in total. The molecule has 3 unspecified atom stereocenters. The highest BCUT2D eigenvalue weighted by Crippen LogP contribution is 2.65. The minimum atomic E-state index is -4.12. The third-order valence-electron chi connectivity index (χ3n) is 2.09. The largest absolute Gasteiger partial charge is 0.481 e. The van der Waals surface area contributed by atoms with Gasteiger partial charge in [0, 0.05) is 0 Å². The number of hydrogen-bond donors (Lipinski definition) is 0. The van der Waals surface area contributed by atoms with Gasteiger partial charge in [-0.25, -0.2) is 4.57 Å². The van der Waals surface area contributed by atoms with Crippen molar-refractivity contribution in [3.8, 4) is 0 Å². The summed E-state index contributed by atoms with van der Waals surface area (Å²) in [6.45, 7) is 5.37. The van der Waals surface area contributed by atoms with Crippen LogP contribution in [0.1, 0.15) is 20.8 Å². The Kier molecular flexibility index (Phi) is 12.5. The second kappa shape index (κ2) is 10.5. The van der Waals surface area contributed by atoms with Crippen molar-refractivity contribution in [1.82, 2.24) is 0 Å². The van der Waals surface area contributed by atoms with Crippen LogP contribution in [0.4, 0.5) is 0 Å². The average molecular weight is 934 g/mol. The third-order valence-corrected chi connectivity index (χ3v) is 15.8. The number of phosphoric acid groups is 1. The number of phosphoric ester groups is 1. The number of hydrogen-bond acceptors (Lipinski definition) is 4. The first-order valence-electron chi connectivity index (χ1n) is 5.73. The Morgan fingerprint density at radius 2 is 0.826 bits per heavy atom. The lowest BCUT2D eigenvalue weighted by Crippen LogP contribution is -2.33. The molecule has 140 valence electrons. The maximum Gasteiger partial charge on any atom is 0.481 e. The Balaban J connectivity index is 5.67.